The lowest BCUT2D eigenvalue weighted by Crippen LogP contribution is -2.22. The molecule has 0 saturated carbocycles. The lowest BCUT2D eigenvalue weighted by Gasteiger charge is -2.16. The van der Waals surface area contributed by atoms with Crippen molar-refractivity contribution in [3.63, 3.8) is 0 Å². The number of aromatic nitrogens is 2. The third-order valence-electron chi connectivity index (χ3n) is 4.07. The Morgan fingerprint density at radius 2 is 2.10 bits per heavy atom. The molecule has 1 aliphatic carbocycles. The maximum atomic E-state index is 4.64. The summed E-state index contributed by atoms with van der Waals surface area (Å²) in [6.07, 6.45) is 8.17. The number of hydrogen-bond donors (Lipinski definition) is 1. The van der Waals surface area contributed by atoms with Crippen LogP contribution in [0.2, 0.25) is 0 Å². The van der Waals surface area contributed by atoms with Gasteiger partial charge in [-0.15, -0.1) is 0 Å². The van der Waals surface area contributed by atoms with E-state index in [0.717, 1.165) is 13.0 Å². The normalized spacial score (nSPS) is 18.6. The zero-order chi connectivity index (χ0) is 13.8. The zero-order valence-electron chi connectivity index (χ0n) is 12.2. The van der Waals surface area contributed by atoms with Crippen molar-refractivity contribution in [2.24, 2.45) is 0 Å². The molecule has 3 rings (SSSR count). The molecule has 1 atom stereocenters. The average molecular weight is 269 g/mol. The van der Waals surface area contributed by atoms with Gasteiger partial charge in [0.1, 0.15) is 0 Å². The SMILES string of the molecule is CCCNC1CCCCc2c1cnn2-c1ccccc1. The molecule has 1 aromatic carbocycles. The number of rotatable bonds is 4. The molecular formula is C17H23N3. The van der Waals surface area contributed by atoms with Crippen molar-refractivity contribution >= 4 is 0 Å². The van der Waals surface area contributed by atoms with Crippen LogP contribution in [0.5, 0.6) is 0 Å². The first kappa shape index (κ1) is 13.4. The minimum Gasteiger partial charge on any atom is -0.310 e. The Morgan fingerprint density at radius 3 is 2.90 bits per heavy atom. The fourth-order valence-electron chi connectivity index (χ4n) is 3.05. The Bertz CT molecular complexity index is 545. The molecule has 1 aliphatic rings. The summed E-state index contributed by atoms with van der Waals surface area (Å²) in [7, 11) is 0. The van der Waals surface area contributed by atoms with E-state index < -0.39 is 0 Å². The monoisotopic (exact) mass is 269 g/mol. The molecule has 20 heavy (non-hydrogen) atoms. The number of fused-ring (bicyclic) bond motifs is 1. The Balaban J connectivity index is 1.94. The topological polar surface area (TPSA) is 29.9 Å². The highest BCUT2D eigenvalue weighted by atomic mass is 15.3. The average Bonchev–Trinajstić information content (AvgIpc) is 2.81. The van der Waals surface area contributed by atoms with Gasteiger partial charge in [0, 0.05) is 17.3 Å². The van der Waals surface area contributed by atoms with Crippen LogP contribution in [-0.4, -0.2) is 16.3 Å². The maximum absolute atomic E-state index is 4.64. The fraction of sp³-hybridized carbons (Fsp3) is 0.471. The summed E-state index contributed by atoms with van der Waals surface area (Å²) in [6.45, 7) is 3.30. The van der Waals surface area contributed by atoms with Crippen LogP contribution in [0.15, 0.2) is 36.5 Å². The molecule has 0 spiro atoms. The third kappa shape index (κ3) is 2.63. The highest BCUT2D eigenvalue weighted by Crippen LogP contribution is 2.29. The summed E-state index contributed by atoms with van der Waals surface area (Å²) in [5.74, 6) is 0. The molecule has 1 aromatic heterocycles. The molecule has 106 valence electrons. The molecule has 3 nitrogen and oxygen atoms in total. The van der Waals surface area contributed by atoms with Crippen molar-refractivity contribution in [1.82, 2.24) is 15.1 Å². The van der Waals surface area contributed by atoms with Crippen LogP contribution in [0, 0.1) is 0 Å². The molecule has 0 radical (unpaired) electrons. The third-order valence-corrected chi connectivity index (χ3v) is 4.07. The Kier molecular flexibility index (Phi) is 4.16. The predicted octanol–water partition coefficient (Wildman–Crippen LogP) is 3.64. The van der Waals surface area contributed by atoms with Crippen LogP contribution in [0.3, 0.4) is 0 Å². The van der Waals surface area contributed by atoms with E-state index in [0.29, 0.717) is 6.04 Å². The summed E-state index contributed by atoms with van der Waals surface area (Å²) in [4.78, 5) is 0. The second-order valence-corrected chi connectivity index (χ2v) is 5.55. The van der Waals surface area contributed by atoms with Gasteiger partial charge in [-0.1, -0.05) is 31.5 Å². The van der Waals surface area contributed by atoms with Crippen molar-refractivity contribution in [3.8, 4) is 5.69 Å². The molecule has 1 heterocycles. The van der Waals surface area contributed by atoms with Crippen LogP contribution in [0.4, 0.5) is 0 Å². The van der Waals surface area contributed by atoms with E-state index in [1.54, 1.807) is 0 Å². The molecule has 0 bridgehead atoms. The molecule has 3 heteroatoms. The zero-order valence-corrected chi connectivity index (χ0v) is 12.2. The quantitative estimate of drug-likeness (QED) is 0.859. The number of nitrogens with zero attached hydrogens (tertiary/aromatic N) is 2. The molecule has 1 N–H and O–H groups in total. The molecular weight excluding hydrogens is 246 g/mol. The van der Waals surface area contributed by atoms with Crippen molar-refractivity contribution in [2.75, 3.05) is 6.54 Å². The standard InChI is InChI=1S/C17H23N3/c1-2-12-18-16-10-6-7-11-17-15(16)13-19-20(17)14-8-4-3-5-9-14/h3-5,8-9,13,16,18H,2,6-7,10-12H2,1H3. The summed E-state index contributed by atoms with van der Waals surface area (Å²) in [5.41, 5.74) is 3.96. The van der Waals surface area contributed by atoms with Gasteiger partial charge in [0.05, 0.1) is 11.9 Å². The van der Waals surface area contributed by atoms with Gasteiger partial charge in [0.25, 0.3) is 0 Å². The van der Waals surface area contributed by atoms with Crippen molar-refractivity contribution in [2.45, 2.75) is 45.1 Å². The van der Waals surface area contributed by atoms with Crippen molar-refractivity contribution in [3.05, 3.63) is 47.8 Å². The van der Waals surface area contributed by atoms with Crippen LogP contribution >= 0.6 is 0 Å². The Labute approximate surface area is 121 Å². The van der Waals surface area contributed by atoms with E-state index in [9.17, 15) is 0 Å². The van der Waals surface area contributed by atoms with E-state index in [2.05, 4.69) is 58.5 Å². The molecule has 0 saturated heterocycles. The lowest BCUT2D eigenvalue weighted by atomic mass is 10.1. The summed E-state index contributed by atoms with van der Waals surface area (Å²) in [6, 6.07) is 10.9. The first-order valence-corrected chi connectivity index (χ1v) is 7.75. The molecule has 0 aliphatic heterocycles. The van der Waals surface area contributed by atoms with Crippen molar-refractivity contribution in [1.29, 1.82) is 0 Å². The van der Waals surface area contributed by atoms with Gasteiger partial charge < -0.3 is 5.32 Å². The van der Waals surface area contributed by atoms with Crippen LogP contribution < -0.4 is 5.32 Å². The Morgan fingerprint density at radius 1 is 1.25 bits per heavy atom. The molecule has 2 aromatic rings. The van der Waals surface area contributed by atoms with Crippen molar-refractivity contribution < 1.29 is 0 Å². The number of benzene rings is 1. The van der Waals surface area contributed by atoms with E-state index in [1.165, 1.54) is 42.6 Å². The first-order chi connectivity index (χ1) is 9.90. The maximum Gasteiger partial charge on any atom is 0.0648 e. The van der Waals surface area contributed by atoms with Crippen LogP contribution in [0.1, 0.15) is 49.9 Å². The smallest absolute Gasteiger partial charge is 0.0648 e. The molecule has 0 fully saturated rings. The van der Waals surface area contributed by atoms with Crippen LogP contribution in [-0.2, 0) is 6.42 Å². The van der Waals surface area contributed by atoms with Crippen LogP contribution in [0.25, 0.3) is 5.69 Å². The van der Waals surface area contributed by atoms with Gasteiger partial charge in [-0.2, -0.15) is 5.10 Å². The number of para-hydroxylation sites is 1. The number of nitrogens with one attached hydrogen (secondary N) is 1. The highest BCUT2D eigenvalue weighted by Gasteiger charge is 2.22. The summed E-state index contributed by atoms with van der Waals surface area (Å²) >= 11 is 0. The highest BCUT2D eigenvalue weighted by molar-refractivity contribution is 5.36. The van der Waals surface area contributed by atoms with E-state index in [-0.39, 0.29) is 0 Å². The molecule has 0 amide bonds. The second kappa shape index (κ2) is 6.23. The largest absolute Gasteiger partial charge is 0.310 e. The van der Waals surface area contributed by atoms with E-state index in [1.807, 2.05) is 0 Å². The minimum absolute atomic E-state index is 0.477. The predicted molar refractivity (Wildman–Crippen MR) is 82.2 cm³/mol. The summed E-state index contributed by atoms with van der Waals surface area (Å²) in [5, 5.41) is 8.32. The fourth-order valence-corrected chi connectivity index (χ4v) is 3.05. The van der Waals surface area contributed by atoms with Gasteiger partial charge in [-0.05, 0) is 44.4 Å². The van der Waals surface area contributed by atoms with Gasteiger partial charge >= 0.3 is 0 Å². The van der Waals surface area contributed by atoms with Gasteiger partial charge in [0.15, 0.2) is 0 Å². The first-order valence-electron chi connectivity index (χ1n) is 7.75. The van der Waals surface area contributed by atoms with E-state index in [4.69, 9.17) is 0 Å². The molecule has 1 unspecified atom stereocenters. The van der Waals surface area contributed by atoms with Gasteiger partial charge in [0.2, 0.25) is 0 Å². The van der Waals surface area contributed by atoms with Gasteiger partial charge in [-0.3, -0.25) is 0 Å². The Hall–Kier alpha value is -1.61. The number of hydrogen-bond acceptors (Lipinski definition) is 2. The lowest BCUT2D eigenvalue weighted by molar-refractivity contribution is 0.489. The second-order valence-electron chi connectivity index (χ2n) is 5.55. The minimum atomic E-state index is 0.477. The van der Waals surface area contributed by atoms with Gasteiger partial charge in [-0.25, -0.2) is 4.68 Å². The van der Waals surface area contributed by atoms with E-state index >= 15 is 0 Å². The summed E-state index contributed by atoms with van der Waals surface area (Å²) < 4.78 is 2.13.